The van der Waals surface area contributed by atoms with Crippen LogP contribution in [0.3, 0.4) is 0 Å². The maximum absolute atomic E-state index is 10.9. The van der Waals surface area contributed by atoms with Crippen LogP contribution in [0.25, 0.3) is 11.2 Å². The van der Waals surface area contributed by atoms with E-state index in [0.29, 0.717) is 11.3 Å². The number of rotatable bonds is 8. The van der Waals surface area contributed by atoms with Crippen LogP contribution in [-0.4, -0.2) is 48.6 Å². The number of anilines is 1. The Morgan fingerprint density at radius 1 is 1.24 bits per heavy atom. The molecule has 1 aromatic carbocycles. The topological polar surface area (TPSA) is 201 Å². The van der Waals surface area contributed by atoms with Gasteiger partial charge in [0.2, 0.25) is 0 Å². The van der Waals surface area contributed by atoms with Gasteiger partial charge in [0.25, 0.3) is 0 Å². The molecule has 3 atom stereocenters. The summed E-state index contributed by atoms with van der Waals surface area (Å²) in [6.07, 6.45) is 8.13. The molecule has 34 heavy (non-hydrogen) atoms. The van der Waals surface area contributed by atoms with Crippen molar-refractivity contribution in [2.45, 2.75) is 19.1 Å². The number of carbonyl (C=O) groups excluding carboxylic acids is 1. The molecule has 0 aliphatic heterocycles. The number of aliphatic hydroxyl groups excluding tert-OH is 1. The molecule has 2 aromatic heterocycles. The summed E-state index contributed by atoms with van der Waals surface area (Å²) in [7, 11) is -4.27. The van der Waals surface area contributed by atoms with Gasteiger partial charge >= 0.3 is 13.7 Å². The SMILES string of the molecule is NP(=O)(O)OC(=O)CNOCc1ccccc1.Nc1ncnc2c1ncn2[C@@H]1C=C[C@H](CO)C1. The van der Waals surface area contributed by atoms with E-state index in [4.69, 9.17) is 20.6 Å². The van der Waals surface area contributed by atoms with Crippen molar-refractivity contribution in [3.8, 4) is 0 Å². The minimum Gasteiger partial charge on any atom is -0.396 e. The molecule has 0 radical (unpaired) electrons. The van der Waals surface area contributed by atoms with E-state index >= 15 is 0 Å². The highest BCUT2D eigenvalue weighted by molar-refractivity contribution is 7.50. The second-order valence-corrected chi connectivity index (χ2v) is 8.65. The first kappa shape index (κ1) is 25.4. The molecule has 1 aliphatic rings. The van der Waals surface area contributed by atoms with Gasteiger partial charge in [0, 0.05) is 12.5 Å². The lowest BCUT2D eigenvalue weighted by Gasteiger charge is -2.12. The van der Waals surface area contributed by atoms with Crippen molar-refractivity contribution in [3.63, 3.8) is 0 Å². The Kier molecular flexibility index (Phi) is 8.82. The number of hydroxylamine groups is 1. The number of benzene rings is 1. The van der Waals surface area contributed by atoms with E-state index in [0.717, 1.165) is 17.6 Å². The number of hydrogen-bond donors (Lipinski definition) is 5. The molecule has 0 saturated heterocycles. The van der Waals surface area contributed by atoms with Crippen LogP contribution in [0.1, 0.15) is 18.0 Å². The van der Waals surface area contributed by atoms with Crippen LogP contribution in [0.4, 0.5) is 5.82 Å². The van der Waals surface area contributed by atoms with Crippen LogP contribution in [0.2, 0.25) is 0 Å². The highest BCUT2D eigenvalue weighted by Crippen LogP contribution is 2.31. The number of carbonyl (C=O) groups is 1. The molecule has 0 saturated carbocycles. The van der Waals surface area contributed by atoms with Gasteiger partial charge in [-0.05, 0) is 12.0 Å². The summed E-state index contributed by atoms with van der Waals surface area (Å²) in [5, 5.41) is 9.12. The normalized spacial score (nSPS) is 18.8. The number of aliphatic hydroxyl groups is 1. The fraction of sp³-hybridized carbons (Fsp3) is 0.300. The summed E-state index contributed by atoms with van der Waals surface area (Å²) in [5.41, 5.74) is 15.0. The minimum atomic E-state index is -4.27. The largest absolute Gasteiger partial charge is 0.455 e. The molecular weight excluding hydrogens is 465 g/mol. The van der Waals surface area contributed by atoms with Crippen molar-refractivity contribution in [1.82, 2.24) is 25.0 Å². The van der Waals surface area contributed by atoms with E-state index in [9.17, 15) is 9.36 Å². The Balaban J connectivity index is 0.000000191. The molecule has 0 bridgehead atoms. The fourth-order valence-electron chi connectivity index (χ4n) is 3.20. The van der Waals surface area contributed by atoms with Gasteiger partial charge in [-0.15, -0.1) is 0 Å². The van der Waals surface area contributed by atoms with Crippen molar-refractivity contribution in [2.24, 2.45) is 11.4 Å². The predicted octanol–water partition coefficient (Wildman–Crippen LogP) is 0.828. The van der Waals surface area contributed by atoms with Crippen molar-refractivity contribution < 1.29 is 28.7 Å². The van der Waals surface area contributed by atoms with Gasteiger partial charge in [-0.2, -0.15) is 5.48 Å². The third-order valence-electron chi connectivity index (χ3n) is 4.76. The molecular formula is C20H26N7O6P. The second-order valence-electron chi connectivity index (χ2n) is 7.34. The molecule has 1 unspecified atom stereocenters. The number of nitrogens with two attached hydrogens (primary N) is 2. The molecule has 14 heteroatoms. The smallest absolute Gasteiger partial charge is 0.396 e. The maximum atomic E-state index is 10.9. The van der Waals surface area contributed by atoms with E-state index < -0.39 is 13.7 Å². The monoisotopic (exact) mass is 491 g/mol. The Morgan fingerprint density at radius 2 is 2.00 bits per heavy atom. The Labute approximate surface area is 195 Å². The Hall–Kier alpha value is -3.19. The zero-order valence-corrected chi connectivity index (χ0v) is 19.0. The van der Waals surface area contributed by atoms with Crippen LogP contribution in [0.5, 0.6) is 0 Å². The van der Waals surface area contributed by atoms with Crippen LogP contribution in [0.15, 0.2) is 55.1 Å². The maximum Gasteiger partial charge on any atom is 0.455 e. The summed E-state index contributed by atoms with van der Waals surface area (Å²) in [6.45, 7) is 0.0683. The number of aromatic nitrogens is 4. The number of hydrogen-bond acceptors (Lipinski definition) is 10. The Bertz CT molecular complexity index is 1170. The summed E-state index contributed by atoms with van der Waals surface area (Å²) >= 11 is 0. The van der Waals surface area contributed by atoms with Gasteiger partial charge in [0.15, 0.2) is 11.5 Å². The van der Waals surface area contributed by atoms with Crippen molar-refractivity contribution >= 4 is 30.7 Å². The molecule has 13 nitrogen and oxygen atoms in total. The molecule has 4 rings (SSSR count). The summed E-state index contributed by atoms with van der Waals surface area (Å²) in [6, 6.07) is 9.46. The molecule has 0 fully saturated rings. The van der Waals surface area contributed by atoms with Gasteiger partial charge in [0.05, 0.1) is 19.0 Å². The number of fused-ring (bicyclic) bond motifs is 1. The van der Waals surface area contributed by atoms with Gasteiger partial charge in [-0.3, -0.25) is 9.63 Å². The summed E-state index contributed by atoms with van der Waals surface area (Å²) in [4.78, 5) is 36.7. The quantitative estimate of drug-likeness (QED) is 0.129. The zero-order chi connectivity index (χ0) is 24.6. The highest BCUT2D eigenvalue weighted by atomic mass is 31.2. The van der Waals surface area contributed by atoms with Gasteiger partial charge in [-0.1, -0.05) is 42.5 Å². The standard InChI is InChI=1S/C11H13N5O.C9H13N2O5P/c12-10-9-11(14-5-13-10)16(6-15-9)8-2-1-7(3-8)4-17;10-17(13,14)16-9(12)6-11-15-7-8-4-2-1-3-5-8/h1-2,5-8,17H,3-4H2,(H2,12,13,14);1-5,11H,6-7H2,(H3,10,13,14)/t7-,8+;/m0./s1. The number of nitrogens with one attached hydrogen (secondary N) is 1. The average Bonchev–Trinajstić information content (AvgIpc) is 3.44. The minimum absolute atomic E-state index is 0.177. The molecule has 182 valence electrons. The van der Waals surface area contributed by atoms with E-state index in [-0.39, 0.29) is 31.7 Å². The van der Waals surface area contributed by atoms with E-state index in [1.165, 1.54) is 6.33 Å². The highest BCUT2D eigenvalue weighted by Gasteiger charge is 2.22. The lowest BCUT2D eigenvalue weighted by atomic mass is 10.1. The third kappa shape index (κ3) is 7.42. The first-order chi connectivity index (χ1) is 16.3. The third-order valence-corrected chi connectivity index (χ3v) is 5.23. The number of imidazole rings is 1. The van der Waals surface area contributed by atoms with E-state index in [2.05, 4.69) is 36.5 Å². The van der Waals surface area contributed by atoms with Crippen LogP contribution < -0.4 is 16.7 Å². The molecule has 0 amide bonds. The number of allylic oxidation sites excluding steroid dienone is 1. The molecule has 1 aliphatic carbocycles. The van der Waals surface area contributed by atoms with Crippen LogP contribution in [0, 0.1) is 5.92 Å². The summed E-state index contributed by atoms with van der Waals surface area (Å²) in [5.74, 6) is -0.350. The van der Waals surface area contributed by atoms with Crippen molar-refractivity contribution in [1.29, 1.82) is 0 Å². The average molecular weight is 491 g/mol. The molecule has 0 spiro atoms. The molecule has 2 heterocycles. The van der Waals surface area contributed by atoms with Crippen LogP contribution in [-0.2, 0) is 25.3 Å². The predicted molar refractivity (Wildman–Crippen MR) is 122 cm³/mol. The first-order valence-electron chi connectivity index (χ1n) is 10.2. The van der Waals surface area contributed by atoms with Gasteiger partial charge < -0.3 is 24.8 Å². The first-order valence-corrected chi connectivity index (χ1v) is 11.9. The van der Waals surface area contributed by atoms with E-state index in [1.807, 2.05) is 41.0 Å². The van der Waals surface area contributed by atoms with E-state index in [1.54, 1.807) is 6.33 Å². The van der Waals surface area contributed by atoms with Crippen molar-refractivity contribution in [3.05, 3.63) is 60.7 Å². The zero-order valence-electron chi connectivity index (χ0n) is 18.1. The summed E-state index contributed by atoms with van der Waals surface area (Å²) < 4.78 is 16.5. The van der Waals surface area contributed by atoms with Crippen LogP contribution >= 0.6 is 7.75 Å². The Morgan fingerprint density at radius 3 is 2.68 bits per heavy atom. The molecule has 3 aromatic rings. The van der Waals surface area contributed by atoms with Gasteiger partial charge in [0.1, 0.15) is 18.4 Å². The second kappa shape index (κ2) is 11.8. The lowest BCUT2D eigenvalue weighted by Crippen LogP contribution is -2.25. The fourth-order valence-corrected chi connectivity index (χ4v) is 3.56. The lowest BCUT2D eigenvalue weighted by molar-refractivity contribution is -0.136. The number of nitrogens with zero attached hydrogens (tertiary/aromatic N) is 4. The number of nitrogen functional groups attached to an aromatic ring is 1. The molecule has 7 N–H and O–H groups in total. The van der Waals surface area contributed by atoms with Gasteiger partial charge in [-0.25, -0.2) is 25.0 Å². The van der Waals surface area contributed by atoms with Crippen molar-refractivity contribution in [2.75, 3.05) is 18.9 Å².